The molecule has 23 heavy (non-hydrogen) atoms. The molecule has 0 aromatic carbocycles. The Morgan fingerprint density at radius 3 is 2.17 bits per heavy atom. The molecule has 0 radical (unpaired) electrons. The number of anilines is 1. The number of aromatic nitrogens is 3. The number of aryl methyl sites for hydroxylation is 1. The summed E-state index contributed by atoms with van der Waals surface area (Å²) in [7, 11) is 0. The van der Waals surface area contributed by atoms with Crippen molar-refractivity contribution in [2.45, 2.75) is 57.2 Å². The molecule has 4 bridgehead atoms. The average Bonchev–Trinajstić information content (AvgIpc) is 2.77. The molecule has 4 saturated carbocycles. The molecule has 1 N–H and O–H groups in total. The van der Waals surface area contributed by atoms with Crippen LogP contribution < -0.4 is 5.32 Å². The second kappa shape index (κ2) is 4.70. The number of rotatable bonds is 2. The zero-order chi connectivity index (χ0) is 16.4. The number of alkyl halides is 3. The summed E-state index contributed by atoms with van der Waals surface area (Å²) in [5.41, 5.74) is -0.118. The van der Waals surface area contributed by atoms with Crippen molar-refractivity contribution < 1.29 is 18.0 Å². The molecule has 4 aliphatic rings. The molecular weight excluding hydrogens is 309 g/mol. The van der Waals surface area contributed by atoms with Gasteiger partial charge in [0.2, 0.25) is 5.95 Å². The van der Waals surface area contributed by atoms with Crippen LogP contribution in [0.1, 0.15) is 44.3 Å². The van der Waals surface area contributed by atoms with E-state index in [-0.39, 0.29) is 11.5 Å². The molecule has 1 aromatic heterocycles. The van der Waals surface area contributed by atoms with Crippen LogP contribution in [0.5, 0.6) is 0 Å². The Kier molecular flexibility index (Phi) is 3.06. The number of hydrogen-bond donors (Lipinski definition) is 1. The van der Waals surface area contributed by atoms with Gasteiger partial charge in [-0.05, 0) is 63.2 Å². The maximum atomic E-state index is 12.4. The predicted octanol–water partition coefficient (Wildman–Crippen LogP) is 3.01. The van der Waals surface area contributed by atoms with Gasteiger partial charge >= 0.3 is 12.1 Å². The molecule has 126 valence electrons. The van der Waals surface area contributed by atoms with Crippen molar-refractivity contribution in [3.8, 4) is 0 Å². The zero-order valence-corrected chi connectivity index (χ0v) is 12.9. The number of nitrogens with zero attached hydrogens (tertiary/aromatic N) is 3. The van der Waals surface area contributed by atoms with Crippen molar-refractivity contribution in [3.05, 3.63) is 5.82 Å². The van der Waals surface area contributed by atoms with E-state index in [4.69, 9.17) is 0 Å². The first kappa shape index (κ1) is 15.0. The van der Waals surface area contributed by atoms with Crippen molar-refractivity contribution in [3.63, 3.8) is 0 Å². The third-order valence-electron chi connectivity index (χ3n) is 5.71. The van der Waals surface area contributed by atoms with E-state index in [0.29, 0.717) is 23.6 Å². The Labute approximate surface area is 131 Å². The maximum absolute atomic E-state index is 12.4. The highest BCUT2D eigenvalue weighted by atomic mass is 19.4. The fourth-order valence-electron chi connectivity index (χ4n) is 5.39. The minimum Gasteiger partial charge on any atom is -0.285 e. The summed E-state index contributed by atoms with van der Waals surface area (Å²) < 4.78 is 38.9. The van der Waals surface area contributed by atoms with Crippen LogP contribution in [0.25, 0.3) is 0 Å². The number of carbonyl (C=O) groups is 1. The summed E-state index contributed by atoms with van der Waals surface area (Å²) in [6.45, 7) is 1.74. The Bertz CT molecular complexity index is 616. The van der Waals surface area contributed by atoms with Gasteiger partial charge in [-0.2, -0.15) is 18.2 Å². The molecule has 0 aliphatic heterocycles. The number of carbonyl (C=O) groups excluding carboxylic acids is 1. The second-order valence-corrected chi connectivity index (χ2v) is 7.49. The third-order valence-corrected chi connectivity index (χ3v) is 5.71. The van der Waals surface area contributed by atoms with Crippen LogP contribution in [0, 0.1) is 24.7 Å². The third kappa shape index (κ3) is 2.42. The molecule has 0 unspecified atom stereocenters. The van der Waals surface area contributed by atoms with Gasteiger partial charge in [0, 0.05) is 0 Å². The molecular formula is C15H19F3N4O. The quantitative estimate of drug-likeness (QED) is 0.908. The van der Waals surface area contributed by atoms with Gasteiger partial charge in [-0.25, -0.2) is 4.68 Å². The van der Waals surface area contributed by atoms with Gasteiger partial charge in [0.15, 0.2) is 0 Å². The first-order valence-corrected chi connectivity index (χ1v) is 8.07. The number of hydrogen-bond acceptors (Lipinski definition) is 3. The molecule has 8 heteroatoms. The summed E-state index contributed by atoms with van der Waals surface area (Å²) in [5, 5.41) is 6.00. The van der Waals surface area contributed by atoms with E-state index in [1.807, 2.05) is 0 Å². The van der Waals surface area contributed by atoms with Crippen molar-refractivity contribution in [2.24, 2.45) is 17.8 Å². The Hall–Kier alpha value is -1.60. The summed E-state index contributed by atoms with van der Waals surface area (Å²) in [6, 6.07) is 0. The molecule has 1 amide bonds. The lowest BCUT2D eigenvalue weighted by atomic mass is 9.53. The zero-order valence-electron chi connectivity index (χ0n) is 12.9. The fraction of sp³-hybridized carbons (Fsp3) is 0.800. The van der Waals surface area contributed by atoms with Gasteiger partial charge in [-0.3, -0.25) is 10.1 Å². The lowest BCUT2D eigenvalue weighted by molar-refractivity contribution is -0.167. The van der Waals surface area contributed by atoms with Crippen molar-refractivity contribution in [1.29, 1.82) is 0 Å². The number of halogens is 3. The van der Waals surface area contributed by atoms with Crippen molar-refractivity contribution in [2.75, 3.05) is 5.32 Å². The summed E-state index contributed by atoms with van der Waals surface area (Å²) in [4.78, 5) is 15.1. The Balaban J connectivity index is 1.62. The first-order valence-electron chi connectivity index (χ1n) is 8.07. The topological polar surface area (TPSA) is 59.8 Å². The lowest BCUT2D eigenvalue weighted by Gasteiger charge is -2.56. The molecule has 5 rings (SSSR count). The highest BCUT2D eigenvalue weighted by Crippen LogP contribution is 2.58. The molecule has 5 nitrogen and oxygen atoms in total. The van der Waals surface area contributed by atoms with Gasteiger partial charge in [0.05, 0.1) is 5.54 Å². The van der Waals surface area contributed by atoms with Crippen LogP contribution >= 0.6 is 0 Å². The standard InChI is InChI=1S/C15H19F3N4O/c1-8-19-13(20-12(23)15(16,17)18)21-22(8)14-5-9-2-10(6-14)4-11(3-9)7-14/h9-11H,2-7H2,1H3,(H,20,21,23). The summed E-state index contributed by atoms with van der Waals surface area (Å²) >= 11 is 0. The number of amides is 1. The summed E-state index contributed by atoms with van der Waals surface area (Å²) in [5.74, 6) is 0.374. The highest BCUT2D eigenvalue weighted by Gasteiger charge is 2.53. The van der Waals surface area contributed by atoms with E-state index >= 15 is 0 Å². The van der Waals surface area contributed by atoms with Crippen molar-refractivity contribution in [1.82, 2.24) is 14.8 Å². The van der Waals surface area contributed by atoms with Gasteiger partial charge < -0.3 is 0 Å². The molecule has 0 atom stereocenters. The molecule has 1 heterocycles. The second-order valence-electron chi connectivity index (χ2n) is 7.49. The van der Waals surface area contributed by atoms with E-state index < -0.39 is 12.1 Å². The van der Waals surface area contributed by atoms with E-state index in [1.165, 1.54) is 19.3 Å². The Morgan fingerprint density at radius 2 is 1.70 bits per heavy atom. The van der Waals surface area contributed by atoms with Crippen LogP contribution in [-0.2, 0) is 10.3 Å². The smallest absolute Gasteiger partial charge is 0.285 e. The van der Waals surface area contributed by atoms with Crippen LogP contribution in [0.15, 0.2) is 0 Å². The minimum absolute atomic E-state index is 0.118. The van der Waals surface area contributed by atoms with Crippen LogP contribution in [0.2, 0.25) is 0 Å². The molecule has 4 fully saturated rings. The van der Waals surface area contributed by atoms with Crippen molar-refractivity contribution >= 4 is 11.9 Å². The largest absolute Gasteiger partial charge is 0.471 e. The van der Waals surface area contributed by atoms with E-state index in [2.05, 4.69) is 10.1 Å². The average molecular weight is 328 g/mol. The predicted molar refractivity (Wildman–Crippen MR) is 75.6 cm³/mol. The number of nitrogens with one attached hydrogen (secondary N) is 1. The fourth-order valence-corrected chi connectivity index (χ4v) is 5.39. The van der Waals surface area contributed by atoms with Gasteiger partial charge in [-0.15, -0.1) is 5.10 Å². The van der Waals surface area contributed by atoms with Gasteiger partial charge in [-0.1, -0.05) is 0 Å². The SMILES string of the molecule is Cc1nc(NC(=O)C(F)(F)F)nn1C12CC3CC(CC(C3)C1)C2. The van der Waals surface area contributed by atoms with Crippen LogP contribution in [0.4, 0.5) is 19.1 Å². The molecule has 0 saturated heterocycles. The molecule has 4 aliphatic carbocycles. The van der Waals surface area contributed by atoms with Crippen LogP contribution in [0.3, 0.4) is 0 Å². The normalized spacial score (nSPS) is 35.6. The molecule has 0 spiro atoms. The van der Waals surface area contributed by atoms with Gasteiger partial charge in [0.25, 0.3) is 0 Å². The lowest BCUT2D eigenvalue weighted by Crippen LogP contribution is -2.52. The van der Waals surface area contributed by atoms with E-state index in [9.17, 15) is 18.0 Å². The summed E-state index contributed by atoms with van der Waals surface area (Å²) in [6.07, 6.45) is 1.95. The minimum atomic E-state index is -4.93. The molecule has 1 aromatic rings. The maximum Gasteiger partial charge on any atom is 0.471 e. The van der Waals surface area contributed by atoms with Crippen LogP contribution in [-0.4, -0.2) is 26.8 Å². The highest BCUT2D eigenvalue weighted by molar-refractivity contribution is 5.93. The first-order chi connectivity index (χ1) is 10.7. The van der Waals surface area contributed by atoms with E-state index in [0.717, 1.165) is 19.3 Å². The van der Waals surface area contributed by atoms with E-state index in [1.54, 1.807) is 16.9 Å². The monoisotopic (exact) mass is 328 g/mol. The van der Waals surface area contributed by atoms with Gasteiger partial charge in [0.1, 0.15) is 5.82 Å². The Morgan fingerprint density at radius 1 is 1.17 bits per heavy atom.